The van der Waals surface area contributed by atoms with E-state index in [-0.39, 0.29) is 5.91 Å². The minimum Gasteiger partial charge on any atom is -0.376 e. The zero-order chi connectivity index (χ0) is 13.3. The van der Waals surface area contributed by atoms with Crippen LogP contribution in [-0.2, 0) is 4.79 Å². The second kappa shape index (κ2) is 5.61. The average Bonchev–Trinajstić information content (AvgIpc) is 2.52. The summed E-state index contributed by atoms with van der Waals surface area (Å²) in [7, 11) is 0. The van der Waals surface area contributed by atoms with Crippen LogP contribution in [0.5, 0.6) is 0 Å². The summed E-state index contributed by atoms with van der Waals surface area (Å²) in [4.78, 5) is 16.8. The molecule has 2 aliphatic heterocycles. The van der Waals surface area contributed by atoms with Crippen LogP contribution in [0.2, 0.25) is 0 Å². The van der Waals surface area contributed by atoms with Crippen LogP contribution in [0, 0.1) is 11.8 Å². The van der Waals surface area contributed by atoms with Gasteiger partial charge in [0, 0.05) is 25.8 Å². The molecular weight excluding hydrogens is 264 g/mol. The van der Waals surface area contributed by atoms with Gasteiger partial charge in [-0.2, -0.15) is 0 Å². The molecule has 1 amide bonds. The highest BCUT2D eigenvalue weighted by Gasteiger charge is 2.32. The van der Waals surface area contributed by atoms with E-state index in [1.54, 1.807) is 4.90 Å². The topological polar surface area (TPSA) is 23.6 Å². The quantitative estimate of drug-likeness (QED) is 0.574. The summed E-state index contributed by atoms with van der Waals surface area (Å²) in [5.74, 6) is 1.46. The SMILES string of the molecule is CCN1C(=O)C(=CN2C[C@H](C)C[C@H](C)C2)SC1=S. The first-order chi connectivity index (χ1) is 8.51. The van der Waals surface area contributed by atoms with Crippen molar-refractivity contribution in [2.45, 2.75) is 27.2 Å². The highest BCUT2D eigenvalue weighted by atomic mass is 32.2. The molecular formula is C13H20N2OS2. The number of carbonyl (C=O) groups is 1. The Morgan fingerprint density at radius 1 is 1.39 bits per heavy atom. The van der Waals surface area contributed by atoms with Gasteiger partial charge in [-0.25, -0.2) is 0 Å². The number of carbonyl (C=O) groups excluding carboxylic acids is 1. The Balaban J connectivity index is 2.09. The summed E-state index contributed by atoms with van der Waals surface area (Å²) in [6.45, 7) is 9.25. The Bertz CT molecular complexity index is 384. The van der Waals surface area contributed by atoms with Crippen molar-refractivity contribution in [2.24, 2.45) is 11.8 Å². The first-order valence-electron chi connectivity index (χ1n) is 6.50. The molecule has 0 radical (unpaired) electrons. The van der Waals surface area contributed by atoms with Crippen LogP contribution in [0.3, 0.4) is 0 Å². The lowest BCUT2D eigenvalue weighted by Gasteiger charge is -2.34. The molecule has 0 aromatic rings. The van der Waals surface area contributed by atoms with E-state index in [0.29, 0.717) is 22.7 Å². The molecule has 0 aliphatic carbocycles. The lowest BCUT2D eigenvalue weighted by atomic mass is 9.92. The highest BCUT2D eigenvalue weighted by molar-refractivity contribution is 8.26. The number of rotatable bonds is 2. The molecule has 2 atom stereocenters. The maximum absolute atomic E-state index is 12.1. The van der Waals surface area contributed by atoms with Crippen molar-refractivity contribution in [3.63, 3.8) is 0 Å². The Morgan fingerprint density at radius 3 is 2.50 bits per heavy atom. The summed E-state index contributed by atoms with van der Waals surface area (Å²) in [6.07, 6.45) is 3.29. The van der Waals surface area contributed by atoms with Crippen molar-refractivity contribution < 1.29 is 4.79 Å². The minimum atomic E-state index is 0.0679. The first kappa shape index (κ1) is 13.9. The molecule has 18 heavy (non-hydrogen) atoms. The number of likely N-dealkylation sites (N-methyl/N-ethyl adjacent to an activating group) is 1. The standard InChI is InChI=1S/C13H20N2OS2/c1-4-15-12(16)11(18-13(15)17)8-14-6-9(2)5-10(3)7-14/h8-10H,4-7H2,1-3H3/t9-,10+. The average molecular weight is 284 g/mol. The molecule has 2 heterocycles. The molecule has 0 saturated carbocycles. The van der Waals surface area contributed by atoms with Gasteiger partial charge in [0.05, 0.1) is 4.91 Å². The summed E-state index contributed by atoms with van der Waals surface area (Å²) in [6, 6.07) is 0. The maximum atomic E-state index is 12.1. The third-order valence-electron chi connectivity index (χ3n) is 3.39. The van der Waals surface area contributed by atoms with E-state index in [4.69, 9.17) is 12.2 Å². The summed E-state index contributed by atoms with van der Waals surface area (Å²) < 4.78 is 0.687. The fourth-order valence-corrected chi connectivity index (χ4v) is 4.14. The molecule has 0 bridgehead atoms. The van der Waals surface area contributed by atoms with Gasteiger partial charge in [-0.1, -0.05) is 37.8 Å². The largest absolute Gasteiger partial charge is 0.376 e. The maximum Gasteiger partial charge on any atom is 0.267 e. The van der Waals surface area contributed by atoms with E-state index < -0.39 is 0 Å². The summed E-state index contributed by atoms with van der Waals surface area (Å²) in [5.41, 5.74) is 0. The van der Waals surface area contributed by atoms with Crippen molar-refractivity contribution in [2.75, 3.05) is 19.6 Å². The van der Waals surface area contributed by atoms with E-state index in [2.05, 4.69) is 18.7 Å². The first-order valence-corrected chi connectivity index (χ1v) is 7.73. The van der Waals surface area contributed by atoms with Gasteiger partial charge in [-0.15, -0.1) is 0 Å². The smallest absolute Gasteiger partial charge is 0.267 e. The van der Waals surface area contributed by atoms with Gasteiger partial charge in [0.2, 0.25) is 0 Å². The van der Waals surface area contributed by atoms with Crippen LogP contribution in [0.4, 0.5) is 0 Å². The van der Waals surface area contributed by atoms with Crippen LogP contribution in [0.1, 0.15) is 27.2 Å². The van der Waals surface area contributed by atoms with Gasteiger partial charge >= 0.3 is 0 Å². The molecule has 2 aliphatic rings. The number of nitrogens with zero attached hydrogens (tertiary/aromatic N) is 2. The second-order valence-corrected chi connectivity index (χ2v) is 6.99. The number of likely N-dealkylation sites (tertiary alicyclic amines) is 1. The predicted octanol–water partition coefficient (Wildman–Crippen LogP) is 2.69. The molecule has 100 valence electrons. The molecule has 0 spiro atoms. The third kappa shape index (κ3) is 2.88. The highest BCUT2D eigenvalue weighted by Crippen LogP contribution is 2.32. The molecule has 2 saturated heterocycles. The van der Waals surface area contributed by atoms with Crippen molar-refractivity contribution in [1.29, 1.82) is 0 Å². The lowest BCUT2D eigenvalue weighted by molar-refractivity contribution is -0.122. The van der Waals surface area contributed by atoms with Crippen LogP contribution in [0.25, 0.3) is 0 Å². The molecule has 3 nitrogen and oxygen atoms in total. The van der Waals surface area contributed by atoms with Gasteiger partial charge in [-0.05, 0) is 25.2 Å². The molecule has 5 heteroatoms. The Hall–Kier alpha value is -0.550. The number of amides is 1. The summed E-state index contributed by atoms with van der Waals surface area (Å²) in [5, 5.41) is 0. The predicted molar refractivity (Wildman–Crippen MR) is 80.2 cm³/mol. The number of thiocarbonyl (C=S) groups is 1. The van der Waals surface area contributed by atoms with E-state index in [1.165, 1.54) is 18.2 Å². The van der Waals surface area contributed by atoms with E-state index in [1.807, 2.05) is 13.1 Å². The number of hydrogen-bond acceptors (Lipinski definition) is 4. The van der Waals surface area contributed by atoms with E-state index in [0.717, 1.165) is 18.0 Å². The van der Waals surface area contributed by atoms with Crippen LogP contribution in [-0.4, -0.2) is 39.7 Å². The molecule has 0 aromatic heterocycles. The zero-order valence-corrected chi connectivity index (χ0v) is 12.8. The molecule has 0 aromatic carbocycles. The van der Waals surface area contributed by atoms with Crippen LogP contribution in [0.15, 0.2) is 11.1 Å². The fraction of sp³-hybridized carbons (Fsp3) is 0.692. The van der Waals surface area contributed by atoms with Gasteiger partial charge < -0.3 is 4.90 Å². The van der Waals surface area contributed by atoms with Gasteiger partial charge in [0.25, 0.3) is 5.91 Å². The van der Waals surface area contributed by atoms with Crippen molar-refractivity contribution >= 4 is 34.2 Å². The fourth-order valence-electron chi connectivity index (χ4n) is 2.75. The van der Waals surface area contributed by atoms with Crippen molar-refractivity contribution in [3.05, 3.63) is 11.1 Å². The number of piperidine rings is 1. The van der Waals surface area contributed by atoms with Gasteiger partial charge in [0.15, 0.2) is 0 Å². The van der Waals surface area contributed by atoms with E-state index >= 15 is 0 Å². The third-order valence-corrected chi connectivity index (χ3v) is 4.75. The van der Waals surface area contributed by atoms with Crippen LogP contribution >= 0.6 is 24.0 Å². The molecule has 2 rings (SSSR count). The van der Waals surface area contributed by atoms with Gasteiger partial charge in [0.1, 0.15) is 4.32 Å². The summed E-state index contributed by atoms with van der Waals surface area (Å²) >= 11 is 6.65. The van der Waals surface area contributed by atoms with Crippen LogP contribution < -0.4 is 0 Å². The lowest BCUT2D eigenvalue weighted by Crippen LogP contribution is -2.35. The minimum absolute atomic E-state index is 0.0679. The number of hydrogen-bond donors (Lipinski definition) is 0. The van der Waals surface area contributed by atoms with Crippen molar-refractivity contribution in [3.8, 4) is 0 Å². The Labute approximate surface area is 119 Å². The Kier molecular flexibility index (Phi) is 4.33. The monoisotopic (exact) mass is 284 g/mol. The van der Waals surface area contributed by atoms with Gasteiger partial charge in [-0.3, -0.25) is 9.69 Å². The van der Waals surface area contributed by atoms with Crippen molar-refractivity contribution in [1.82, 2.24) is 9.80 Å². The molecule has 0 N–H and O–H groups in total. The second-order valence-electron chi connectivity index (χ2n) is 5.31. The van der Waals surface area contributed by atoms with E-state index in [9.17, 15) is 4.79 Å². The number of thioether (sulfide) groups is 1. The zero-order valence-electron chi connectivity index (χ0n) is 11.2. The Morgan fingerprint density at radius 2 is 2.00 bits per heavy atom. The molecule has 2 fully saturated rings. The molecule has 0 unspecified atom stereocenters. The normalized spacial score (nSPS) is 31.6.